The Balaban J connectivity index is 1.55. The van der Waals surface area contributed by atoms with Crippen molar-refractivity contribution in [2.45, 2.75) is 25.9 Å². The van der Waals surface area contributed by atoms with E-state index in [2.05, 4.69) is 10.4 Å². The maximum Gasteiger partial charge on any atom is 0.278 e. The molecule has 31 heavy (non-hydrogen) atoms. The number of aromatic nitrogens is 2. The first-order chi connectivity index (χ1) is 15.0. The first-order valence-electron chi connectivity index (χ1n) is 9.76. The van der Waals surface area contributed by atoms with Crippen molar-refractivity contribution in [2.24, 2.45) is 0 Å². The molecule has 1 aliphatic rings. The van der Waals surface area contributed by atoms with Crippen molar-refractivity contribution in [2.75, 3.05) is 10.2 Å². The molecule has 4 rings (SSSR count). The minimum atomic E-state index is -0.493. The zero-order valence-electron chi connectivity index (χ0n) is 16.8. The molecule has 2 amide bonds. The summed E-state index contributed by atoms with van der Waals surface area (Å²) in [4.78, 5) is 39.4. The summed E-state index contributed by atoms with van der Waals surface area (Å²) in [6, 6.07) is 18.7. The molecule has 154 valence electrons. The van der Waals surface area contributed by atoms with Crippen molar-refractivity contribution >= 4 is 23.2 Å². The molecular formula is C23H19N5O3. The highest BCUT2D eigenvalue weighted by Gasteiger charge is 2.32. The van der Waals surface area contributed by atoms with Crippen LogP contribution in [0, 0.1) is 11.3 Å². The molecule has 2 aromatic carbocycles. The van der Waals surface area contributed by atoms with E-state index in [9.17, 15) is 14.4 Å². The molecule has 3 aromatic rings. The number of nitrogens with zero attached hydrogens (tertiary/aromatic N) is 4. The van der Waals surface area contributed by atoms with Crippen LogP contribution in [0.1, 0.15) is 28.5 Å². The van der Waals surface area contributed by atoms with Gasteiger partial charge in [0.25, 0.3) is 11.5 Å². The number of nitriles is 1. The standard InChI is InChI=1S/C23H19N5O3/c1-15-11-17-6-2-3-8-20(17)28(15)23(31)19-9-10-22(30)27(26-19)14-21(29)25-18-7-4-5-16(12-18)13-24/h2-10,12,15H,11,14H2,1H3,(H,25,29). The second kappa shape index (κ2) is 8.24. The largest absolute Gasteiger partial charge is 0.324 e. The molecule has 8 nitrogen and oxygen atoms in total. The molecule has 0 fully saturated rings. The molecule has 1 atom stereocenters. The fraction of sp³-hybridized carbons (Fsp3) is 0.174. The summed E-state index contributed by atoms with van der Waals surface area (Å²) < 4.78 is 0.962. The molecule has 0 radical (unpaired) electrons. The van der Waals surface area contributed by atoms with Crippen molar-refractivity contribution in [3.63, 3.8) is 0 Å². The molecular weight excluding hydrogens is 394 g/mol. The van der Waals surface area contributed by atoms with Crippen LogP contribution in [-0.2, 0) is 17.8 Å². The van der Waals surface area contributed by atoms with E-state index >= 15 is 0 Å². The number of amides is 2. The number of carbonyl (C=O) groups is 2. The van der Waals surface area contributed by atoms with Crippen LogP contribution in [0.25, 0.3) is 0 Å². The van der Waals surface area contributed by atoms with Gasteiger partial charge >= 0.3 is 0 Å². The zero-order chi connectivity index (χ0) is 22.0. The highest BCUT2D eigenvalue weighted by atomic mass is 16.2. The highest BCUT2D eigenvalue weighted by molar-refractivity contribution is 6.06. The van der Waals surface area contributed by atoms with Crippen molar-refractivity contribution < 1.29 is 9.59 Å². The number of benzene rings is 2. The van der Waals surface area contributed by atoms with Gasteiger partial charge in [-0.05, 0) is 49.2 Å². The van der Waals surface area contributed by atoms with Crippen LogP contribution in [0.2, 0.25) is 0 Å². The highest BCUT2D eigenvalue weighted by Crippen LogP contribution is 2.32. The van der Waals surface area contributed by atoms with Crippen molar-refractivity contribution in [1.29, 1.82) is 5.26 Å². The van der Waals surface area contributed by atoms with Gasteiger partial charge in [0, 0.05) is 23.5 Å². The van der Waals surface area contributed by atoms with E-state index in [-0.39, 0.29) is 24.2 Å². The molecule has 2 heterocycles. The number of fused-ring (bicyclic) bond motifs is 1. The van der Waals surface area contributed by atoms with Crippen LogP contribution in [0.3, 0.4) is 0 Å². The molecule has 0 bridgehead atoms. The van der Waals surface area contributed by atoms with Crippen LogP contribution in [0.15, 0.2) is 65.5 Å². The second-order valence-corrected chi connectivity index (χ2v) is 7.31. The Bertz CT molecular complexity index is 1270. The Morgan fingerprint density at radius 1 is 1.16 bits per heavy atom. The van der Waals surface area contributed by atoms with Crippen molar-refractivity contribution in [3.8, 4) is 6.07 Å². The number of carbonyl (C=O) groups excluding carboxylic acids is 2. The smallest absolute Gasteiger partial charge is 0.278 e. The van der Waals surface area contributed by atoms with Crippen LogP contribution in [-0.4, -0.2) is 27.6 Å². The first-order valence-corrected chi connectivity index (χ1v) is 9.76. The topological polar surface area (TPSA) is 108 Å². The normalized spacial score (nSPS) is 14.6. The minimum absolute atomic E-state index is 0.0391. The number of hydrogen-bond donors (Lipinski definition) is 1. The third-order valence-electron chi connectivity index (χ3n) is 5.08. The molecule has 8 heteroatoms. The lowest BCUT2D eigenvalue weighted by atomic mass is 10.1. The van der Waals surface area contributed by atoms with Gasteiger partial charge in [-0.1, -0.05) is 24.3 Å². The van der Waals surface area contributed by atoms with E-state index in [4.69, 9.17) is 5.26 Å². The fourth-order valence-electron chi connectivity index (χ4n) is 3.68. The number of anilines is 2. The first kappa shape index (κ1) is 20.0. The summed E-state index contributed by atoms with van der Waals surface area (Å²) in [5, 5.41) is 15.7. The number of rotatable bonds is 4. The lowest BCUT2D eigenvalue weighted by molar-refractivity contribution is -0.117. The summed E-state index contributed by atoms with van der Waals surface area (Å²) in [5.74, 6) is -0.817. The van der Waals surface area contributed by atoms with Gasteiger partial charge < -0.3 is 10.2 Å². The van der Waals surface area contributed by atoms with Crippen LogP contribution in [0.5, 0.6) is 0 Å². The molecule has 0 saturated heterocycles. The summed E-state index contributed by atoms with van der Waals surface area (Å²) in [7, 11) is 0. The Morgan fingerprint density at radius 2 is 1.97 bits per heavy atom. The zero-order valence-corrected chi connectivity index (χ0v) is 16.8. The molecule has 0 spiro atoms. The van der Waals surface area contributed by atoms with Crippen molar-refractivity contribution in [1.82, 2.24) is 9.78 Å². The molecule has 0 saturated carbocycles. The summed E-state index contributed by atoms with van der Waals surface area (Å²) in [6.07, 6.45) is 0.742. The third-order valence-corrected chi connectivity index (χ3v) is 5.08. The molecule has 1 aliphatic heterocycles. The SMILES string of the molecule is CC1Cc2ccccc2N1C(=O)c1ccc(=O)n(CC(=O)Nc2cccc(C#N)c2)n1. The van der Waals surface area contributed by atoms with E-state index < -0.39 is 11.5 Å². The molecule has 1 N–H and O–H groups in total. The van der Waals surface area contributed by atoms with Crippen molar-refractivity contribution in [3.05, 3.63) is 87.8 Å². The van der Waals surface area contributed by atoms with Gasteiger partial charge in [-0.3, -0.25) is 14.4 Å². The molecule has 1 unspecified atom stereocenters. The van der Waals surface area contributed by atoms with E-state index in [1.165, 1.54) is 18.2 Å². The number of hydrogen-bond acceptors (Lipinski definition) is 5. The van der Waals surface area contributed by atoms with Crippen LogP contribution in [0.4, 0.5) is 11.4 Å². The van der Waals surface area contributed by atoms with E-state index in [1.807, 2.05) is 37.3 Å². The maximum atomic E-state index is 13.1. The predicted molar refractivity (Wildman–Crippen MR) is 115 cm³/mol. The Hall–Kier alpha value is -4.25. The number of nitrogens with one attached hydrogen (secondary N) is 1. The van der Waals surface area contributed by atoms with Gasteiger partial charge in [-0.25, -0.2) is 4.68 Å². The van der Waals surface area contributed by atoms with Crippen LogP contribution >= 0.6 is 0 Å². The third kappa shape index (κ3) is 4.07. The van der Waals surface area contributed by atoms with E-state index in [0.29, 0.717) is 11.3 Å². The van der Waals surface area contributed by atoms with Gasteiger partial charge in [0.1, 0.15) is 12.2 Å². The van der Waals surface area contributed by atoms with Gasteiger partial charge in [-0.2, -0.15) is 10.4 Å². The lowest BCUT2D eigenvalue weighted by Gasteiger charge is -2.22. The summed E-state index contributed by atoms with van der Waals surface area (Å²) in [6.45, 7) is 1.60. The Morgan fingerprint density at radius 3 is 2.77 bits per heavy atom. The minimum Gasteiger partial charge on any atom is -0.324 e. The maximum absolute atomic E-state index is 13.1. The van der Waals surface area contributed by atoms with Gasteiger partial charge in [-0.15, -0.1) is 0 Å². The van der Waals surface area contributed by atoms with Gasteiger partial charge in [0.2, 0.25) is 5.91 Å². The average Bonchev–Trinajstić information content (AvgIpc) is 3.10. The van der Waals surface area contributed by atoms with Crippen LogP contribution < -0.4 is 15.8 Å². The van der Waals surface area contributed by atoms with E-state index in [0.717, 1.165) is 22.4 Å². The Labute approximate surface area is 178 Å². The quantitative estimate of drug-likeness (QED) is 0.706. The average molecular weight is 413 g/mol. The molecule has 0 aliphatic carbocycles. The van der Waals surface area contributed by atoms with Gasteiger partial charge in [0.05, 0.1) is 11.6 Å². The monoisotopic (exact) mass is 413 g/mol. The predicted octanol–water partition coefficient (Wildman–Crippen LogP) is 2.35. The summed E-state index contributed by atoms with van der Waals surface area (Å²) >= 11 is 0. The lowest BCUT2D eigenvalue weighted by Crippen LogP contribution is -2.38. The van der Waals surface area contributed by atoms with E-state index in [1.54, 1.807) is 23.1 Å². The second-order valence-electron chi connectivity index (χ2n) is 7.31. The Kier molecular flexibility index (Phi) is 5.33. The summed E-state index contributed by atoms with van der Waals surface area (Å²) in [5.41, 5.74) is 2.34. The molecule has 1 aromatic heterocycles. The van der Waals surface area contributed by atoms with Gasteiger partial charge in [0.15, 0.2) is 0 Å². The number of para-hydroxylation sites is 1. The fourth-order valence-corrected chi connectivity index (χ4v) is 3.68.